The SMILES string of the molecule is Cn1c(=O)n(C2CCC(=O)NC2=O)c2cccc(C3CCN(C(=O)OC(C)(C)C)CC3(F)F)c21. The Balaban J connectivity index is 1.71. The number of fused-ring (bicyclic) bond motifs is 1. The lowest BCUT2D eigenvalue weighted by atomic mass is 9.85. The summed E-state index contributed by atoms with van der Waals surface area (Å²) in [7, 11) is 1.48. The topological polar surface area (TPSA) is 103 Å². The first-order valence-electron chi connectivity index (χ1n) is 11.2. The molecule has 2 unspecified atom stereocenters. The van der Waals surface area contributed by atoms with Gasteiger partial charge in [-0.25, -0.2) is 18.4 Å². The molecule has 2 aliphatic rings. The lowest BCUT2D eigenvalue weighted by molar-refractivity contribution is -0.135. The Morgan fingerprint density at radius 1 is 1.18 bits per heavy atom. The number of nitrogens with one attached hydrogen (secondary N) is 1. The fraction of sp³-hybridized carbons (Fsp3) is 0.565. The molecule has 0 bridgehead atoms. The largest absolute Gasteiger partial charge is 0.444 e. The predicted molar refractivity (Wildman–Crippen MR) is 119 cm³/mol. The van der Waals surface area contributed by atoms with Crippen molar-refractivity contribution in [2.75, 3.05) is 13.1 Å². The molecule has 0 aliphatic carbocycles. The van der Waals surface area contributed by atoms with Gasteiger partial charge in [0.1, 0.15) is 11.6 Å². The molecule has 2 saturated heterocycles. The van der Waals surface area contributed by atoms with Crippen molar-refractivity contribution in [3.63, 3.8) is 0 Å². The first kappa shape index (κ1) is 23.9. The summed E-state index contributed by atoms with van der Waals surface area (Å²) < 4.78 is 38.5. The number of aromatic nitrogens is 2. The molecule has 0 radical (unpaired) electrons. The Hall–Kier alpha value is -3.24. The molecule has 11 heteroatoms. The molecule has 1 aromatic heterocycles. The predicted octanol–water partition coefficient (Wildman–Crippen LogP) is 2.68. The Labute approximate surface area is 194 Å². The quantitative estimate of drug-likeness (QED) is 0.669. The van der Waals surface area contributed by atoms with Crippen molar-refractivity contribution in [3.05, 3.63) is 34.2 Å². The molecular weight excluding hydrogens is 450 g/mol. The number of carbonyl (C=O) groups is 3. The molecule has 2 atom stereocenters. The van der Waals surface area contributed by atoms with Gasteiger partial charge in [-0.05, 0) is 45.2 Å². The van der Waals surface area contributed by atoms with E-state index in [1.54, 1.807) is 39.0 Å². The molecule has 34 heavy (non-hydrogen) atoms. The van der Waals surface area contributed by atoms with Crippen molar-refractivity contribution in [1.29, 1.82) is 0 Å². The molecule has 9 nitrogen and oxygen atoms in total. The number of amides is 3. The maximum Gasteiger partial charge on any atom is 0.410 e. The molecule has 1 aromatic carbocycles. The number of rotatable bonds is 2. The summed E-state index contributed by atoms with van der Waals surface area (Å²) >= 11 is 0. The minimum absolute atomic E-state index is 0.0247. The molecule has 1 N–H and O–H groups in total. The van der Waals surface area contributed by atoms with Gasteiger partial charge in [0.15, 0.2) is 0 Å². The van der Waals surface area contributed by atoms with Gasteiger partial charge in [-0.3, -0.25) is 24.0 Å². The fourth-order valence-electron chi connectivity index (χ4n) is 4.78. The summed E-state index contributed by atoms with van der Waals surface area (Å²) in [5.41, 5.74) is -0.382. The van der Waals surface area contributed by atoms with Crippen LogP contribution in [0.15, 0.2) is 23.0 Å². The van der Waals surface area contributed by atoms with E-state index in [9.17, 15) is 19.2 Å². The van der Waals surface area contributed by atoms with Crippen molar-refractivity contribution >= 4 is 28.9 Å². The van der Waals surface area contributed by atoms with Gasteiger partial charge in [-0.1, -0.05) is 12.1 Å². The van der Waals surface area contributed by atoms with Crippen LogP contribution in [0.25, 0.3) is 11.0 Å². The fourth-order valence-corrected chi connectivity index (χ4v) is 4.78. The Morgan fingerprint density at radius 3 is 2.50 bits per heavy atom. The van der Waals surface area contributed by atoms with Crippen molar-refractivity contribution in [2.24, 2.45) is 7.05 Å². The summed E-state index contributed by atoms with van der Waals surface area (Å²) in [6.07, 6.45) is -0.582. The summed E-state index contributed by atoms with van der Waals surface area (Å²) in [4.78, 5) is 50.4. The van der Waals surface area contributed by atoms with Crippen LogP contribution in [0.5, 0.6) is 0 Å². The molecule has 0 saturated carbocycles. The minimum Gasteiger partial charge on any atom is -0.444 e. The number of para-hydroxylation sites is 1. The first-order valence-corrected chi connectivity index (χ1v) is 11.2. The zero-order chi connectivity index (χ0) is 25.0. The highest BCUT2D eigenvalue weighted by Gasteiger charge is 2.48. The maximum atomic E-state index is 15.4. The number of likely N-dealkylation sites (tertiary alicyclic amines) is 1. The monoisotopic (exact) mass is 478 g/mol. The molecule has 184 valence electrons. The van der Waals surface area contributed by atoms with E-state index in [2.05, 4.69) is 5.32 Å². The van der Waals surface area contributed by atoms with Crippen molar-refractivity contribution in [2.45, 2.75) is 63.5 Å². The van der Waals surface area contributed by atoms with Gasteiger partial charge in [-0.15, -0.1) is 0 Å². The summed E-state index contributed by atoms with van der Waals surface area (Å²) in [5, 5.41) is 2.24. The van der Waals surface area contributed by atoms with Crippen LogP contribution in [-0.4, -0.2) is 56.6 Å². The Morgan fingerprint density at radius 2 is 1.88 bits per heavy atom. The number of halogens is 2. The number of nitrogens with zero attached hydrogens (tertiary/aromatic N) is 3. The number of alkyl halides is 2. The summed E-state index contributed by atoms with van der Waals surface area (Å²) in [6, 6.07) is 3.84. The van der Waals surface area contributed by atoms with Crippen LogP contribution >= 0.6 is 0 Å². The van der Waals surface area contributed by atoms with E-state index in [1.807, 2.05) is 0 Å². The van der Waals surface area contributed by atoms with Crippen LogP contribution in [0.3, 0.4) is 0 Å². The normalized spacial score (nSPS) is 23.2. The second-order valence-electron chi connectivity index (χ2n) is 9.90. The Bertz CT molecular complexity index is 1230. The molecular formula is C23H28F2N4O5. The van der Waals surface area contributed by atoms with Crippen LogP contribution in [-0.2, 0) is 21.4 Å². The van der Waals surface area contributed by atoms with E-state index in [0.717, 1.165) is 4.90 Å². The number of imidazole rings is 1. The van der Waals surface area contributed by atoms with Gasteiger partial charge in [0, 0.05) is 20.0 Å². The maximum absolute atomic E-state index is 15.4. The highest BCUT2D eigenvalue weighted by Crippen LogP contribution is 2.43. The minimum atomic E-state index is -3.27. The number of ether oxygens (including phenoxy) is 1. The van der Waals surface area contributed by atoms with Crippen LogP contribution in [0, 0.1) is 0 Å². The third kappa shape index (κ3) is 4.19. The Kier molecular flexibility index (Phi) is 5.77. The van der Waals surface area contributed by atoms with E-state index < -0.39 is 53.6 Å². The smallest absolute Gasteiger partial charge is 0.410 e. The third-order valence-electron chi connectivity index (χ3n) is 6.28. The molecule has 2 aliphatic heterocycles. The lowest BCUT2D eigenvalue weighted by Gasteiger charge is -2.39. The standard InChI is InChI=1S/C23H28F2N4O5/c1-22(2,3)34-21(33)28-11-10-14(23(24,25)12-28)13-6-5-7-15-18(13)27(4)20(32)29(15)16-8-9-17(30)26-19(16)31/h5-7,14,16H,8-12H2,1-4H3,(H,26,30,31). The van der Waals surface area contributed by atoms with Crippen molar-refractivity contribution < 1.29 is 27.9 Å². The van der Waals surface area contributed by atoms with Gasteiger partial charge in [0.05, 0.1) is 23.5 Å². The van der Waals surface area contributed by atoms with Gasteiger partial charge < -0.3 is 9.64 Å². The number of hydrogen-bond acceptors (Lipinski definition) is 5. The van der Waals surface area contributed by atoms with Crippen LogP contribution in [0.2, 0.25) is 0 Å². The highest BCUT2D eigenvalue weighted by atomic mass is 19.3. The number of piperidine rings is 2. The lowest BCUT2D eigenvalue weighted by Crippen LogP contribution is -2.51. The zero-order valence-corrected chi connectivity index (χ0v) is 19.6. The molecule has 2 aromatic rings. The van der Waals surface area contributed by atoms with Crippen LogP contribution in [0.4, 0.5) is 13.6 Å². The summed E-state index contributed by atoms with van der Waals surface area (Å²) in [6.45, 7) is 4.29. The van der Waals surface area contributed by atoms with Gasteiger partial charge in [-0.2, -0.15) is 0 Å². The van der Waals surface area contributed by atoms with Crippen molar-refractivity contribution in [3.8, 4) is 0 Å². The number of aryl methyl sites for hydroxylation is 1. The van der Waals surface area contributed by atoms with Crippen LogP contribution in [0.1, 0.15) is 57.6 Å². The van der Waals surface area contributed by atoms with Crippen molar-refractivity contribution in [1.82, 2.24) is 19.4 Å². The van der Waals surface area contributed by atoms with Gasteiger partial charge in [0.2, 0.25) is 11.8 Å². The van der Waals surface area contributed by atoms with Gasteiger partial charge >= 0.3 is 11.8 Å². The molecule has 3 amide bonds. The zero-order valence-electron chi connectivity index (χ0n) is 19.6. The molecule has 2 fully saturated rings. The van der Waals surface area contributed by atoms with E-state index in [0.29, 0.717) is 11.0 Å². The van der Waals surface area contributed by atoms with Gasteiger partial charge in [0.25, 0.3) is 5.92 Å². The third-order valence-corrected chi connectivity index (χ3v) is 6.28. The second-order valence-corrected chi connectivity index (χ2v) is 9.90. The van der Waals surface area contributed by atoms with E-state index in [-0.39, 0.29) is 31.4 Å². The summed E-state index contributed by atoms with van der Waals surface area (Å²) in [5.74, 6) is -5.51. The molecule has 0 spiro atoms. The number of benzene rings is 1. The second kappa shape index (κ2) is 8.21. The van der Waals surface area contributed by atoms with Crippen LogP contribution < -0.4 is 11.0 Å². The first-order chi connectivity index (χ1) is 15.8. The van der Waals surface area contributed by atoms with E-state index in [1.165, 1.54) is 16.2 Å². The average Bonchev–Trinajstić information content (AvgIpc) is 2.97. The number of hydrogen-bond donors (Lipinski definition) is 1. The highest BCUT2D eigenvalue weighted by molar-refractivity contribution is 6.00. The van der Waals surface area contributed by atoms with E-state index in [4.69, 9.17) is 4.74 Å². The number of carbonyl (C=O) groups excluding carboxylic acids is 3. The number of imide groups is 1. The molecule has 4 rings (SSSR count). The average molecular weight is 478 g/mol. The van der Waals surface area contributed by atoms with E-state index >= 15 is 8.78 Å². The molecule has 3 heterocycles.